The summed E-state index contributed by atoms with van der Waals surface area (Å²) >= 11 is 0. The van der Waals surface area contributed by atoms with Crippen molar-refractivity contribution in [3.8, 4) is 5.75 Å². The van der Waals surface area contributed by atoms with Gasteiger partial charge in [-0.3, -0.25) is 0 Å². The summed E-state index contributed by atoms with van der Waals surface area (Å²) in [6.07, 6.45) is 0.864. The molecule has 1 aliphatic heterocycles. The Labute approximate surface area is 147 Å². The van der Waals surface area contributed by atoms with Crippen LogP contribution >= 0.6 is 12.4 Å². The molecule has 1 aromatic carbocycles. The van der Waals surface area contributed by atoms with Gasteiger partial charge >= 0.3 is 0 Å². The Morgan fingerprint density at radius 3 is 2.39 bits per heavy atom. The van der Waals surface area contributed by atoms with E-state index in [1.807, 2.05) is 0 Å². The Morgan fingerprint density at radius 2 is 1.78 bits per heavy atom. The van der Waals surface area contributed by atoms with Crippen LogP contribution in [0.15, 0.2) is 12.1 Å². The molecule has 1 aromatic rings. The van der Waals surface area contributed by atoms with Crippen LogP contribution in [0.4, 0.5) is 0 Å². The molecule has 3 unspecified atom stereocenters. The summed E-state index contributed by atoms with van der Waals surface area (Å²) < 4.78 is 5.88. The molecule has 1 heterocycles. The molecule has 3 nitrogen and oxygen atoms in total. The van der Waals surface area contributed by atoms with Gasteiger partial charge in [0.15, 0.2) is 0 Å². The number of hydrogen-bond acceptors (Lipinski definition) is 3. The van der Waals surface area contributed by atoms with Crippen LogP contribution in [0, 0.1) is 32.6 Å². The van der Waals surface area contributed by atoms with E-state index in [0.29, 0.717) is 13.2 Å². The van der Waals surface area contributed by atoms with E-state index in [9.17, 15) is 5.11 Å². The molecule has 0 bridgehead atoms. The fourth-order valence-electron chi connectivity index (χ4n) is 3.63. The Hall–Kier alpha value is -0.770. The SMILES string of the molecule is Cc1cc(C)c(C)c(OCC(O)CN2CC(C)CC(C)C2)c1.Cl. The van der Waals surface area contributed by atoms with Crippen LogP contribution in [-0.4, -0.2) is 42.4 Å². The van der Waals surface area contributed by atoms with E-state index in [2.05, 4.69) is 51.7 Å². The van der Waals surface area contributed by atoms with Crippen molar-refractivity contribution in [3.63, 3.8) is 0 Å². The molecule has 132 valence electrons. The quantitative estimate of drug-likeness (QED) is 0.885. The van der Waals surface area contributed by atoms with Crippen LogP contribution in [0.1, 0.15) is 37.0 Å². The average molecular weight is 342 g/mol. The van der Waals surface area contributed by atoms with Gasteiger partial charge in [0.05, 0.1) is 0 Å². The van der Waals surface area contributed by atoms with Gasteiger partial charge in [0.1, 0.15) is 18.5 Å². The minimum absolute atomic E-state index is 0. The molecule has 0 saturated carbocycles. The highest BCUT2D eigenvalue weighted by Gasteiger charge is 2.23. The fraction of sp³-hybridized carbons (Fsp3) is 0.684. The van der Waals surface area contributed by atoms with Gasteiger partial charge in [-0.1, -0.05) is 19.9 Å². The topological polar surface area (TPSA) is 32.7 Å². The number of rotatable bonds is 5. The van der Waals surface area contributed by atoms with Crippen molar-refractivity contribution in [1.29, 1.82) is 0 Å². The molecule has 4 heteroatoms. The number of hydrogen-bond donors (Lipinski definition) is 1. The minimum Gasteiger partial charge on any atom is -0.491 e. The molecule has 1 N–H and O–H groups in total. The van der Waals surface area contributed by atoms with Crippen molar-refractivity contribution >= 4 is 12.4 Å². The van der Waals surface area contributed by atoms with Crippen molar-refractivity contribution in [2.45, 2.75) is 47.1 Å². The molecule has 0 aliphatic carbocycles. The standard InChI is InChI=1S/C19H31NO2.ClH/c1-13-7-16(4)17(5)19(8-13)22-12-18(21)11-20-9-14(2)6-15(3)10-20;/h7-8,14-15,18,21H,6,9-12H2,1-5H3;1H. The minimum atomic E-state index is -0.433. The summed E-state index contributed by atoms with van der Waals surface area (Å²) in [7, 11) is 0. The zero-order valence-electron chi connectivity index (χ0n) is 15.1. The summed E-state index contributed by atoms with van der Waals surface area (Å²) in [6.45, 7) is 14.1. The predicted molar refractivity (Wildman–Crippen MR) is 98.8 cm³/mol. The lowest BCUT2D eigenvalue weighted by atomic mass is 9.92. The second kappa shape index (κ2) is 8.91. The second-order valence-corrected chi connectivity index (χ2v) is 7.33. The summed E-state index contributed by atoms with van der Waals surface area (Å²) in [4.78, 5) is 2.38. The molecule has 2 rings (SSSR count). The molecular weight excluding hydrogens is 310 g/mol. The number of halogens is 1. The van der Waals surface area contributed by atoms with Gasteiger partial charge in [-0.2, -0.15) is 0 Å². The summed E-state index contributed by atoms with van der Waals surface area (Å²) in [5.41, 5.74) is 3.60. The lowest BCUT2D eigenvalue weighted by molar-refractivity contribution is 0.0427. The number of aryl methyl sites for hydroxylation is 2. The lowest BCUT2D eigenvalue weighted by Crippen LogP contribution is -2.44. The summed E-state index contributed by atoms with van der Waals surface area (Å²) in [6, 6.07) is 4.22. The van der Waals surface area contributed by atoms with Gasteiger partial charge in [-0.25, -0.2) is 0 Å². The highest BCUT2D eigenvalue weighted by molar-refractivity contribution is 5.85. The summed E-state index contributed by atoms with van der Waals surface area (Å²) in [5, 5.41) is 10.3. The van der Waals surface area contributed by atoms with Crippen LogP contribution < -0.4 is 4.74 Å². The first kappa shape index (κ1) is 20.3. The number of piperidine rings is 1. The second-order valence-electron chi connectivity index (χ2n) is 7.33. The maximum atomic E-state index is 10.3. The van der Waals surface area contributed by atoms with E-state index in [4.69, 9.17) is 4.74 Å². The third-order valence-electron chi connectivity index (χ3n) is 4.61. The average Bonchev–Trinajstić information content (AvgIpc) is 2.40. The number of aliphatic hydroxyl groups is 1. The van der Waals surface area contributed by atoms with E-state index in [1.165, 1.54) is 17.5 Å². The van der Waals surface area contributed by atoms with Gasteiger partial charge in [0.2, 0.25) is 0 Å². The predicted octanol–water partition coefficient (Wildman–Crippen LogP) is 3.75. The van der Waals surface area contributed by atoms with Gasteiger partial charge < -0.3 is 14.7 Å². The lowest BCUT2D eigenvalue weighted by Gasteiger charge is -2.36. The Morgan fingerprint density at radius 1 is 1.17 bits per heavy atom. The van der Waals surface area contributed by atoms with Crippen molar-refractivity contribution < 1.29 is 9.84 Å². The first-order chi connectivity index (χ1) is 10.3. The normalized spacial score (nSPS) is 23.2. The van der Waals surface area contributed by atoms with Crippen LogP contribution in [0.3, 0.4) is 0 Å². The van der Waals surface area contributed by atoms with E-state index in [0.717, 1.165) is 36.2 Å². The number of ether oxygens (including phenoxy) is 1. The van der Waals surface area contributed by atoms with Crippen molar-refractivity contribution in [2.75, 3.05) is 26.2 Å². The Bertz CT molecular complexity index is 496. The molecular formula is C19H32ClNO2. The Balaban J connectivity index is 0.00000264. The fourth-order valence-corrected chi connectivity index (χ4v) is 3.63. The third-order valence-corrected chi connectivity index (χ3v) is 4.61. The van der Waals surface area contributed by atoms with Crippen molar-refractivity contribution in [3.05, 3.63) is 28.8 Å². The van der Waals surface area contributed by atoms with Crippen LogP contribution in [0.5, 0.6) is 5.75 Å². The molecule has 1 aliphatic rings. The van der Waals surface area contributed by atoms with Crippen LogP contribution in [0.25, 0.3) is 0 Å². The molecule has 0 radical (unpaired) electrons. The van der Waals surface area contributed by atoms with Crippen molar-refractivity contribution in [1.82, 2.24) is 4.90 Å². The van der Waals surface area contributed by atoms with Gasteiger partial charge in [0, 0.05) is 19.6 Å². The van der Waals surface area contributed by atoms with E-state index < -0.39 is 6.10 Å². The number of benzene rings is 1. The maximum absolute atomic E-state index is 10.3. The van der Waals surface area contributed by atoms with E-state index in [-0.39, 0.29) is 12.4 Å². The molecule has 0 spiro atoms. The maximum Gasteiger partial charge on any atom is 0.122 e. The third kappa shape index (κ3) is 5.98. The van der Waals surface area contributed by atoms with Gasteiger partial charge in [-0.15, -0.1) is 12.4 Å². The molecule has 0 amide bonds. The number of nitrogens with zero attached hydrogens (tertiary/aromatic N) is 1. The van der Waals surface area contributed by atoms with Crippen LogP contribution in [-0.2, 0) is 0 Å². The highest BCUT2D eigenvalue weighted by Crippen LogP contribution is 2.24. The first-order valence-electron chi connectivity index (χ1n) is 8.46. The molecule has 0 aromatic heterocycles. The highest BCUT2D eigenvalue weighted by atomic mass is 35.5. The van der Waals surface area contributed by atoms with Gasteiger partial charge in [0.25, 0.3) is 0 Å². The van der Waals surface area contributed by atoms with E-state index in [1.54, 1.807) is 0 Å². The zero-order chi connectivity index (χ0) is 16.3. The molecule has 1 fully saturated rings. The Kier molecular flexibility index (Phi) is 7.85. The monoisotopic (exact) mass is 341 g/mol. The number of aliphatic hydroxyl groups excluding tert-OH is 1. The summed E-state index contributed by atoms with van der Waals surface area (Å²) in [5.74, 6) is 2.34. The molecule has 3 atom stereocenters. The number of likely N-dealkylation sites (tertiary alicyclic amines) is 1. The van der Waals surface area contributed by atoms with Crippen molar-refractivity contribution in [2.24, 2.45) is 11.8 Å². The zero-order valence-corrected chi connectivity index (χ0v) is 15.9. The largest absolute Gasteiger partial charge is 0.491 e. The van der Waals surface area contributed by atoms with E-state index >= 15 is 0 Å². The van der Waals surface area contributed by atoms with Gasteiger partial charge in [-0.05, 0) is 61.8 Å². The molecule has 1 saturated heterocycles. The molecule has 23 heavy (non-hydrogen) atoms. The first-order valence-corrected chi connectivity index (χ1v) is 8.46. The van der Waals surface area contributed by atoms with Crippen LogP contribution in [0.2, 0.25) is 0 Å². The number of β-amino-alcohol motifs (C(OH)–C–C–N with tert-alkyl or cyclic N) is 1. The smallest absolute Gasteiger partial charge is 0.122 e.